The van der Waals surface area contributed by atoms with Crippen LogP contribution in [0.1, 0.15) is 29.9 Å². The molecule has 1 aliphatic rings. The molecule has 9 nitrogen and oxygen atoms in total. The number of aromatic nitrogens is 3. The van der Waals surface area contributed by atoms with Crippen molar-refractivity contribution in [3.05, 3.63) is 54.0 Å². The number of morpholine rings is 1. The van der Waals surface area contributed by atoms with Crippen LogP contribution in [-0.2, 0) is 21.1 Å². The molecule has 0 aromatic carbocycles. The van der Waals surface area contributed by atoms with E-state index in [2.05, 4.69) is 20.2 Å². The number of hydrogen-bond donors (Lipinski definition) is 1. The van der Waals surface area contributed by atoms with E-state index in [0.717, 1.165) is 30.7 Å². The number of fused-ring (bicyclic) bond motifs is 1. The number of nitrogens with zero attached hydrogens (tertiary/aromatic N) is 4. The normalized spacial score (nSPS) is 19.5. The number of imidazole rings is 1. The highest BCUT2D eigenvalue weighted by atomic mass is 32.2. The highest BCUT2D eigenvalue weighted by molar-refractivity contribution is 7.90. The van der Waals surface area contributed by atoms with Crippen molar-refractivity contribution >= 4 is 27.1 Å². The Bertz CT molecular complexity index is 1200. The van der Waals surface area contributed by atoms with Crippen LogP contribution in [0.5, 0.6) is 0 Å². The number of hydrogen-bond acceptors (Lipinski definition) is 7. The Balaban J connectivity index is 1.47. The van der Waals surface area contributed by atoms with Crippen molar-refractivity contribution in [2.45, 2.75) is 37.8 Å². The Morgan fingerprint density at radius 2 is 1.94 bits per heavy atom. The molecule has 1 saturated heterocycles. The van der Waals surface area contributed by atoms with E-state index in [-0.39, 0.29) is 29.6 Å². The molecule has 0 radical (unpaired) electrons. The van der Waals surface area contributed by atoms with E-state index in [4.69, 9.17) is 4.74 Å². The second-order valence-corrected chi connectivity index (χ2v) is 9.75. The largest absolute Gasteiger partial charge is 0.372 e. The van der Waals surface area contributed by atoms with Gasteiger partial charge < -0.3 is 15.0 Å². The highest BCUT2D eigenvalue weighted by Crippen LogP contribution is 2.19. The van der Waals surface area contributed by atoms with Gasteiger partial charge in [-0.15, -0.1) is 0 Å². The molecule has 4 rings (SSSR count). The van der Waals surface area contributed by atoms with Gasteiger partial charge in [0.05, 0.1) is 17.7 Å². The van der Waals surface area contributed by atoms with Gasteiger partial charge in [0.25, 0.3) is 5.91 Å². The first-order valence-electron chi connectivity index (χ1n) is 10.0. The summed E-state index contributed by atoms with van der Waals surface area (Å²) in [5.74, 6) is 0.425. The number of anilines is 1. The number of nitrogens with one attached hydrogen (secondary N) is 1. The smallest absolute Gasteiger partial charge is 0.272 e. The summed E-state index contributed by atoms with van der Waals surface area (Å²) in [6.07, 6.45) is 4.66. The molecular formula is C21H25N5O4S. The molecule has 3 aromatic heterocycles. The number of ether oxygens (including phenoxy) is 1. The van der Waals surface area contributed by atoms with Gasteiger partial charge in [0.2, 0.25) is 15.0 Å². The summed E-state index contributed by atoms with van der Waals surface area (Å²) in [7, 11) is -3.58. The summed E-state index contributed by atoms with van der Waals surface area (Å²) in [5, 5.41) is 2.64. The van der Waals surface area contributed by atoms with Gasteiger partial charge in [0.15, 0.2) is 5.69 Å². The maximum Gasteiger partial charge on any atom is 0.272 e. The van der Waals surface area contributed by atoms with Crippen LogP contribution in [0.3, 0.4) is 0 Å². The molecule has 0 aliphatic carbocycles. The molecule has 0 spiro atoms. The first kappa shape index (κ1) is 21.3. The third kappa shape index (κ3) is 4.54. The molecule has 0 saturated carbocycles. The molecule has 2 atom stereocenters. The second-order valence-electron chi connectivity index (χ2n) is 7.84. The molecule has 10 heteroatoms. The van der Waals surface area contributed by atoms with Crippen molar-refractivity contribution in [2.75, 3.05) is 24.2 Å². The Labute approximate surface area is 181 Å². The summed E-state index contributed by atoms with van der Waals surface area (Å²) in [6.45, 7) is 5.90. The molecule has 0 bridgehead atoms. The van der Waals surface area contributed by atoms with Gasteiger partial charge >= 0.3 is 0 Å². The average Bonchev–Trinajstić information content (AvgIpc) is 3.12. The second kappa shape index (κ2) is 8.27. The molecule has 1 N–H and O–H groups in total. The molecule has 1 aliphatic heterocycles. The van der Waals surface area contributed by atoms with Crippen molar-refractivity contribution < 1.29 is 17.9 Å². The van der Waals surface area contributed by atoms with Crippen LogP contribution >= 0.6 is 0 Å². The zero-order chi connectivity index (χ0) is 22.2. The van der Waals surface area contributed by atoms with Gasteiger partial charge in [-0.25, -0.2) is 18.4 Å². The predicted octanol–water partition coefficient (Wildman–Crippen LogP) is 1.68. The van der Waals surface area contributed by atoms with Gasteiger partial charge in [-0.1, -0.05) is 12.1 Å². The molecular weight excluding hydrogens is 418 g/mol. The Kier molecular flexibility index (Phi) is 5.67. The zero-order valence-electron chi connectivity index (χ0n) is 17.6. The Morgan fingerprint density at radius 1 is 1.19 bits per heavy atom. The van der Waals surface area contributed by atoms with Crippen molar-refractivity contribution in [3.8, 4) is 0 Å². The minimum absolute atomic E-state index is 0.0712. The zero-order valence-corrected chi connectivity index (χ0v) is 18.5. The van der Waals surface area contributed by atoms with Crippen molar-refractivity contribution in [1.82, 2.24) is 19.7 Å². The number of sulfone groups is 1. The number of rotatable bonds is 5. The fourth-order valence-electron chi connectivity index (χ4n) is 3.78. The third-order valence-corrected chi connectivity index (χ3v) is 6.02. The first-order chi connectivity index (χ1) is 14.7. The summed E-state index contributed by atoms with van der Waals surface area (Å²) >= 11 is 0. The molecule has 31 heavy (non-hydrogen) atoms. The van der Waals surface area contributed by atoms with Crippen molar-refractivity contribution in [3.63, 3.8) is 0 Å². The van der Waals surface area contributed by atoms with Gasteiger partial charge in [-0.05, 0) is 37.6 Å². The highest BCUT2D eigenvalue weighted by Gasteiger charge is 2.24. The number of carbonyl (C=O) groups is 1. The fourth-order valence-corrected chi connectivity index (χ4v) is 4.55. The molecule has 3 aromatic rings. The van der Waals surface area contributed by atoms with Crippen molar-refractivity contribution in [1.29, 1.82) is 0 Å². The van der Waals surface area contributed by atoms with E-state index in [1.807, 2.05) is 26.0 Å². The van der Waals surface area contributed by atoms with Gasteiger partial charge in [-0.2, -0.15) is 0 Å². The first-order valence-corrected chi connectivity index (χ1v) is 11.9. The quantitative estimate of drug-likeness (QED) is 0.639. The van der Waals surface area contributed by atoms with Gasteiger partial charge in [-0.3, -0.25) is 9.20 Å². The standard InChI is InChI=1S/C21H25N5O4S/c1-14-12-25(13-15(2)30-14)18-8-7-16(10-22-18)11-23-20(27)19-17-6-4-5-9-26(17)21(24-19)31(3,28)29/h4-10,14-15H,11-13H2,1-3H3,(H,23,27). The van der Waals surface area contributed by atoms with E-state index in [0.29, 0.717) is 5.52 Å². The molecule has 1 amide bonds. The van der Waals surface area contributed by atoms with E-state index in [1.165, 1.54) is 4.40 Å². The number of pyridine rings is 2. The van der Waals surface area contributed by atoms with Gasteiger partial charge in [0, 0.05) is 38.3 Å². The van der Waals surface area contributed by atoms with Crippen LogP contribution in [-0.4, -0.2) is 60.2 Å². The number of amides is 1. The average molecular weight is 444 g/mol. The van der Waals surface area contributed by atoms with E-state index < -0.39 is 15.7 Å². The molecule has 164 valence electrons. The Morgan fingerprint density at radius 3 is 2.58 bits per heavy atom. The van der Waals surface area contributed by atoms with E-state index in [1.54, 1.807) is 30.6 Å². The SMILES string of the molecule is CC1CN(c2ccc(CNC(=O)c3nc(S(C)(=O)=O)n4ccccc34)cn2)CC(C)O1. The van der Waals surface area contributed by atoms with Crippen LogP contribution in [0, 0.1) is 0 Å². The lowest BCUT2D eigenvalue weighted by Crippen LogP contribution is -2.45. The maximum atomic E-state index is 12.7. The molecule has 4 heterocycles. The topological polar surface area (TPSA) is 106 Å². The molecule has 1 fully saturated rings. The lowest BCUT2D eigenvalue weighted by Gasteiger charge is -2.36. The minimum atomic E-state index is -3.58. The summed E-state index contributed by atoms with van der Waals surface area (Å²) in [5.41, 5.74) is 1.34. The van der Waals surface area contributed by atoms with Crippen LogP contribution in [0.4, 0.5) is 5.82 Å². The van der Waals surface area contributed by atoms with E-state index in [9.17, 15) is 13.2 Å². The summed E-state index contributed by atoms with van der Waals surface area (Å²) < 4.78 is 31.2. The summed E-state index contributed by atoms with van der Waals surface area (Å²) in [4.78, 5) is 23.5. The minimum Gasteiger partial charge on any atom is -0.372 e. The third-order valence-electron chi connectivity index (χ3n) is 5.07. The summed E-state index contributed by atoms with van der Waals surface area (Å²) in [6, 6.07) is 8.93. The predicted molar refractivity (Wildman–Crippen MR) is 116 cm³/mol. The Hall–Kier alpha value is -2.98. The monoisotopic (exact) mass is 443 g/mol. The number of carbonyl (C=O) groups excluding carboxylic acids is 1. The maximum absolute atomic E-state index is 12.7. The van der Waals surface area contributed by atoms with Gasteiger partial charge in [0.1, 0.15) is 5.82 Å². The van der Waals surface area contributed by atoms with Crippen LogP contribution in [0.25, 0.3) is 5.52 Å². The van der Waals surface area contributed by atoms with Crippen LogP contribution in [0.15, 0.2) is 47.9 Å². The fraction of sp³-hybridized carbons (Fsp3) is 0.381. The van der Waals surface area contributed by atoms with Crippen LogP contribution in [0.2, 0.25) is 0 Å². The molecule has 2 unspecified atom stereocenters. The van der Waals surface area contributed by atoms with E-state index >= 15 is 0 Å². The lowest BCUT2D eigenvalue weighted by atomic mass is 10.2. The van der Waals surface area contributed by atoms with Crippen LogP contribution < -0.4 is 10.2 Å². The van der Waals surface area contributed by atoms with Crippen molar-refractivity contribution in [2.24, 2.45) is 0 Å². The lowest BCUT2D eigenvalue weighted by molar-refractivity contribution is -0.00546.